The van der Waals surface area contributed by atoms with Crippen LogP contribution < -0.4 is 0 Å². The molecule has 3 nitrogen and oxygen atoms in total. The first kappa shape index (κ1) is 12.8. The molecule has 1 N–H and O–H groups in total. The van der Waals surface area contributed by atoms with E-state index in [-0.39, 0.29) is 5.92 Å². The molecule has 0 amide bonds. The highest BCUT2D eigenvalue weighted by Gasteiger charge is 2.39. The van der Waals surface area contributed by atoms with Gasteiger partial charge in [0, 0.05) is 19.6 Å². The van der Waals surface area contributed by atoms with Crippen molar-refractivity contribution in [2.45, 2.75) is 16.6 Å². The van der Waals surface area contributed by atoms with Crippen LogP contribution in [0, 0.1) is 17.2 Å². The molecule has 0 spiro atoms. The predicted octanol–water partition coefficient (Wildman–Crippen LogP) is 2.16. The van der Waals surface area contributed by atoms with Gasteiger partial charge in [-0.2, -0.15) is 5.26 Å². The van der Waals surface area contributed by atoms with Gasteiger partial charge in [-0.3, -0.25) is 4.90 Å². The van der Waals surface area contributed by atoms with Crippen molar-refractivity contribution in [1.29, 1.82) is 5.26 Å². The largest absolute Gasteiger partial charge is 0.378 e. The van der Waals surface area contributed by atoms with Gasteiger partial charge in [0.15, 0.2) is 0 Å². The van der Waals surface area contributed by atoms with Crippen molar-refractivity contribution < 1.29 is 5.11 Å². The van der Waals surface area contributed by atoms with Gasteiger partial charge >= 0.3 is 0 Å². The van der Waals surface area contributed by atoms with Crippen molar-refractivity contribution >= 4 is 22.6 Å². The van der Waals surface area contributed by atoms with Gasteiger partial charge < -0.3 is 5.11 Å². The van der Waals surface area contributed by atoms with Crippen molar-refractivity contribution in [2.24, 2.45) is 5.92 Å². The maximum absolute atomic E-state index is 10.1. The van der Waals surface area contributed by atoms with E-state index in [1.165, 1.54) is 5.56 Å². The highest BCUT2D eigenvalue weighted by atomic mass is 127. The molecule has 0 bridgehead atoms. The van der Waals surface area contributed by atoms with E-state index in [1.807, 2.05) is 40.8 Å². The van der Waals surface area contributed by atoms with Crippen LogP contribution in [-0.2, 0) is 6.54 Å². The summed E-state index contributed by atoms with van der Waals surface area (Å²) in [5.41, 5.74) is 1.25. The molecule has 0 unspecified atom stereocenters. The summed E-state index contributed by atoms with van der Waals surface area (Å²) in [5.74, 6) is -0.305. The monoisotopic (exact) mass is 342 g/mol. The zero-order valence-corrected chi connectivity index (χ0v) is 11.7. The molecule has 1 aliphatic rings. The van der Waals surface area contributed by atoms with Gasteiger partial charge in [0.2, 0.25) is 0 Å². The lowest BCUT2D eigenvalue weighted by atomic mass is 9.95. The first-order valence-corrected chi connectivity index (χ1v) is 6.77. The van der Waals surface area contributed by atoms with Crippen LogP contribution in [0.25, 0.3) is 0 Å². The molecule has 1 heterocycles. The molecular formula is C13H15IN2O. The van der Waals surface area contributed by atoms with Gasteiger partial charge in [0.1, 0.15) is 3.61 Å². The Bertz CT molecular complexity index is 413. The van der Waals surface area contributed by atoms with Crippen LogP contribution in [0.2, 0.25) is 0 Å². The van der Waals surface area contributed by atoms with E-state index in [4.69, 9.17) is 5.26 Å². The molecule has 0 saturated carbocycles. The first-order valence-electron chi connectivity index (χ1n) is 5.69. The van der Waals surface area contributed by atoms with Crippen molar-refractivity contribution in [3.63, 3.8) is 0 Å². The standard InChI is InChI=1S/C13H15IN2O/c14-13(17)6-7-16(10-12(13)8-15)9-11-4-2-1-3-5-11/h1-5,12,17H,6-7,9-10H2/t12-,13+/m0/s1. The fourth-order valence-corrected chi connectivity index (χ4v) is 2.68. The Morgan fingerprint density at radius 3 is 2.82 bits per heavy atom. The fraction of sp³-hybridized carbons (Fsp3) is 0.462. The molecule has 17 heavy (non-hydrogen) atoms. The van der Waals surface area contributed by atoms with E-state index >= 15 is 0 Å². The number of aliphatic hydroxyl groups is 1. The van der Waals surface area contributed by atoms with Crippen LogP contribution in [0.5, 0.6) is 0 Å². The molecule has 2 rings (SSSR count). The van der Waals surface area contributed by atoms with Crippen LogP contribution in [0.3, 0.4) is 0 Å². The number of likely N-dealkylation sites (tertiary alicyclic amines) is 1. The van der Waals surface area contributed by atoms with E-state index in [0.717, 1.165) is 13.1 Å². The summed E-state index contributed by atoms with van der Waals surface area (Å²) in [6, 6.07) is 12.4. The van der Waals surface area contributed by atoms with Crippen LogP contribution >= 0.6 is 22.6 Å². The Kier molecular flexibility index (Phi) is 4.02. The second-order valence-electron chi connectivity index (χ2n) is 4.47. The molecule has 1 aromatic carbocycles. The summed E-state index contributed by atoms with van der Waals surface area (Å²) in [6.07, 6.45) is 0.651. The second-order valence-corrected chi connectivity index (χ2v) is 6.34. The highest BCUT2D eigenvalue weighted by molar-refractivity contribution is 14.1. The van der Waals surface area contributed by atoms with Crippen molar-refractivity contribution in [2.75, 3.05) is 13.1 Å². The Balaban J connectivity index is 1.99. The van der Waals surface area contributed by atoms with Crippen LogP contribution in [-0.4, -0.2) is 26.7 Å². The predicted molar refractivity (Wildman–Crippen MR) is 74.4 cm³/mol. The maximum Gasteiger partial charge on any atom is 0.133 e. The zero-order chi connectivity index (χ0) is 12.3. The first-order chi connectivity index (χ1) is 8.12. The summed E-state index contributed by atoms with van der Waals surface area (Å²) in [4.78, 5) is 2.23. The molecule has 0 aromatic heterocycles. The maximum atomic E-state index is 10.1. The molecule has 1 aliphatic heterocycles. The molecule has 2 atom stereocenters. The number of alkyl halides is 1. The number of hydrogen-bond donors (Lipinski definition) is 1. The van der Waals surface area contributed by atoms with E-state index in [1.54, 1.807) is 0 Å². The van der Waals surface area contributed by atoms with Gasteiger partial charge in [-0.25, -0.2) is 0 Å². The average Bonchev–Trinajstić information content (AvgIpc) is 2.33. The van der Waals surface area contributed by atoms with Gasteiger partial charge in [-0.1, -0.05) is 30.3 Å². The van der Waals surface area contributed by atoms with Crippen molar-refractivity contribution in [3.8, 4) is 6.07 Å². The molecule has 1 saturated heterocycles. The fourth-order valence-electron chi connectivity index (χ4n) is 2.10. The third-order valence-electron chi connectivity index (χ3n) is 3.16. The Morgan fingerprint density at radius 2 is 2.18 bits per heavy atom. The summed E-state index contributed by atoms with van der Waals surface area (Å²) in [7, 11) is 0. The van der Waals surface area contributed by atoms with E-state index in [2.05, 4.69) is 23.1 Å². The summed E-state index contributed by atoms with van der Waals surface area (Å²) in [6.45, 7) is 2.34. The topological polar surface area (TPSA) is 47.3 Å². The zero-order valence-electron chi connectivity index (χ0n) is 9.51. The Labute approximate surface area is 115 Å². The lowest BCUT2D eigenvalue weighted by Crippen LogP contribution is -2.47. The summed E-state index contributed by atoms with van der Waals surface area (Å²) < 4.78 is -0.861. The molecule has 90 valence electrons. The van der Waals surface area contributed by atoms with Gasteiger partial charge in [0.05, 0.1) is 12.0 Å². The quantitative estimate of drug-likeness (QED) is 0.662. The minimum Gasteiger partial charge on any atom is -0.378 e. The van der Waals surface area contributed by atoms with Crippen LogP contribution in [0.4, 0.5) is 0 Å². The third-order valence-corrected chi connectivity index (χ3v) is 4.45. The molecular weight excluding hydrogens is 327 g/mol. The Morgan fingerprint density at radius 1 is 1.47 bits per heavy atom. The van der Waals surface area contributed by atoms with Crippen LogP contribution in [0.15, 0.2) is 30.3 Å². The number of rotatable bonds is 2. The van der Waals surface area contributed by atoms with Crippen molar-refractivity contribution in [1.82, 2.24) is 4.90 Å². The Hall–Kier alpha value is -0.640. The molecule has 0 radical (unpaired) electrons. The van der Waals surface area contributed by atoms with E-state index < -0.39 is 3.61 Å². The number of benzene rings is 1. The number of nitriles is 1. The molecule has 1 fully saturated rings. The smallest absolute Gasteiger partial charge is 0.133 e. The average molecular weight is 342 g/mol. The van der Waals surface area contributed by atoms with Gasteiger partial charge in [-0.15, -0.1) is 0 Å². The molecule has 1 aromatic rings. The number of nitrogens with zero attached hydrogens (tertiary/aromatic N) is 2. The van der Waals surface area contributed by atoms with Gasteiger partial charge in [-0.05, 0) is 34.6 Å². The van der Waals surface area contributed by atoms with Gasteiger partial charge in [0.25, 0.3) is 0 Å². The number of halogens is 1. The normalized spacial score (nSPS) is 29.8. The summed E-state index contributed by atoms with van der Waals surface area (Å²) >= 11 is 2.00. The minimum absolute atomic E-state index is 0.305. The van der Waals surface area contributed by atoms with Crippen molar-refractivity contribution in [3.05, 3.63) is 35.9 Å². The van der Waals surface area contributed by atoms with E-state index in [9.17, 15) is 5.11 Å². The lowest BCUT2D eigenvalue weighted by molar-refractivity contribution is 0.0335. The summed E-state index contributed by atoms with van der Waals surface area (Å²) in [5, 5.41) is 19.1. The SMILES string of the molecule is N#C[C@H]1CN(Cc2ccccc2)CC[C@]1(O)I. The third kappa shape index (κ3) is 3.18. The minimum atomic E-state index is -0.861. The molecule has 0 aliphatic carbocycles. The second kappa shape index (κ2) is 5.34. The highest BCUT2D eigenvalue weighted by Crippen LogP contribution is 2.34. The van der Waals surface area contributed by atoms with E-state index in [0.29, 0.717) is 13.0 Å². The number of piperidine rings is 1. The van der Waals surface area contributed by atoms with Crippen LogP contribution in [0.1, 0.15) is 12.0 Å². The number of hydrogen-bond acceptors (Lipinski definition) is 3. The molecule has 4 heteroatoms. The lowest BCUT2D eigenvalue weighted by Gasteiger charge is -2.38.